The molecule has 2 aromatic rings. The average Bonchev–Trinajstić information content (AvgIpc) is 2.68. The summed E-state index contributed by atoms with van der Waals surface area (Å²) >= 11 is 3.38. The molecule has 2 heterocycles. The molecule has 0 radical (unpaired) electrons. The molecule has 146 valence electrons. The lowest BCUT2D eigenvalue weighted by atomic mass is 10.3. The van der Waals surface area contributed by atoms with Gasteiger partial charge in [0.2, 0.25) is 10.0 Å². The van der Waals surface area contributed by atoms with Crippen LogP contribution in [0.2, 0.25) is 0 Å². The number of aliphatic hydroxyl groups excluding tert-OH is 1. The lowest BCUT2D eigenvalue weighted by Gasteiger charge is -2.34. The Bertz CT molecular complexity index is 843. The van der Waals surface area contributed by atoms with Gasteiger partial charge in [0.05, 0.1) is 0 Å². The largest absolute Gasteiger partial charge is 0.491 e. The molecule has 27 heavy (non-hydrogen) atoms. The molecule has 1 saturated heterocycles. The number of piperazine rings is 1. The number of ether oxygens (including phenoxy) is 1. The van der Waals surface area contributed by atoms with Crippen LogP contribution in [0.15, 0.2) is 58.2 Å². The van der Waals surface area contributed by atoms with E-state index in [4.69, 9.17) is 4.74 Å². The van der Waals surface area contributed by atoms with Crippen molar-refractivity contribution in [1.82, 2.24) is 14.2 Å². The number of hydrogen-bond donors (Lipinski definition) is 1. The highest BCUT2D eigenvalue weighted by Gasteiger charge is 2.29. The zero-order valence-electron chi connectivity index (χ0n) is 14.7. The van der Waals surface area contributed by atoms with Crippen molar-refractivity contribution in [2.24, 2.45) is 0 Å². The van der Waals surface area contributed by atoms with Crippen molar-refractivity contribution in [1.29, 1.82) is 0 Å². The van der Waals surface area contributed by atoms with Crippen molar-refractivity contribution in [3.05, 3.63) is 53.3 Å². The van der Waals surface area contributed by atoms with E-state index in [-0.39, 0.29) is 11.5 Å². The fraction of sp³-hybridized carbons (Fsp3) is 0.389. The summed E-state index contributed by atoms with van der Waals surface area (Å²) in [5, 5.41) is 10.2. The molecule has 0 amide bonds. The Morgan fingerprint density at radius 3 is 2.63 bits per heavy atom. The molecule has 7 nitrogen and oxygen atoms in total. The summed E-state index contributed by atoms with van der Waals surface area (Å²) in [6.45, 7) is 2.52. The van der Waals surface area contributed by atoms with Crippen LogP contribution in [0.4, 0.5) is 0 Å². The van der Waals surface area contributed by atoms with Gasteiger partial charge in [0.25, 0.3) is 0 Å². The Labute approximate surface area is 167 Å². The maximum absolute atomic E-state index is 12.6. The van der Waals surface area contributed by atoms with Crippen LogP contribution in [-0.2, 0) is 10.0 Å². The van der Waals surface area contributed by atoms with Gasteiger partial charge < -0.3 is 9.84 Å². The second-order valence-corrected chi connectivity index (χ2v) is 9.17. The molecule has 0 aliphatic carbocycles. The molecule has 3 rings (SSSR count). The van der Waals surface area contributed by atoms with Gasteiger partial charge in [-0.25, -0.2) is 8.42 Å². The van der Waals surface area contributed by atoms with E-state index in [9.17, 15) is 13.5 Å². The molecule has 1 atom stereocenters. The summed E-state index contributed by atoms with van der Waals surface area (Å²) < 4.78 is 33.2. The van der Waals surface area contributed by atoms with E-state index in [0.717, 1.165) is 4.47 Å². The third-order valence-electron chi connectivity index (χ3n) is 4.31. The SMILES string of the molecule is O=S(=O)(c1cccnc1)N1CCN(CC(O)COc2cccc(Br)c2)CC1. The highest BCUT2D eigenvalue weighted by molar-refractivity contribution is 9.10. The predicted molar refractivity (Wildman–Crippen MR) is 105 cm³/mol. The minimum Gasteiger partial charge on any atom is -0.491 e. The minimum atomic E-state index is -3.51. The fourth-order valence-electron chi connectivity index (χ4n) is 2.90. The number of nitrogens with zero attached hydrogens (tertiary/aromatic N) is 3. The molecule has 0 spiro atoms. The normalized spacial score (nSPS) is 17.6. The zero-order chi connectivity index (χ0) is 19.3. The summed E-state index contributed by atoms with van der Waals surface area (Å²) in [4.78, 5) is 6.14. The number of aliphatic hydroxyl groups is 1. The smallest absolute Gasteiger partial charge is 0.244 e. The average molecular weight is 456 g/mol. The number of hydrogen-bond acceptors (Lipinski definition) is 6. The van der Waals surface area contributed by atoms with Crippen LogP contribution in [-0.4, -0.2) is 73.1 Å². The Hall–Kier alpha value is -1.52. The van der Waals surface area contributed by atoms with Crippen LogP contribution in [0.3, 0.4) is 0 Å². The molecule has 1 N–H and O–H groups in total. The van der Waals surface area contributed by atoms with E-state index in [1.54, 1.807) is 18.3 Å². The number of aromatic nitrogens is 1. The van der Waals surface area contributed by atoms with Crippen LogP contribution in [0.5, 0.6) is 5.75 Å². The van der Waals surface area contributed by atoms with E-state index in [0.29, 0.717) is 38.5 Å². The summed E-state index contributed by atoms with van der Waals surface area (Å²) in [5.74, 6) is 0.691. The van der Waals surface area contributed by atoms with E-state index in [2.05, 4.69) is 20.9 Å². The minimum absolute atomic E-state index is 0.185. The van der Waals surface area contributed by atoms with Gasteiger partial charge in [0.15, 0.2) is 0 Å². The number of pyridine rings is 1. The van der Waals surface area contributed by atoms with Crippen LogP contribution >= 0.6 is 15.9 Å². The molecule has 1 unspecified atom stereocenters. The first-order valence-electron chi connectivity index (χ1n) is 8.64. The van der Waals surface area contributed by atoms with Gasteiger partial charge in [-0.2, -0.15) is 4.31 Å². The molecule has 1 aromatic carbocycles. The maximum Gasteiger partial charge on any atom is 0.244 e. The quantitative estimate of drug-likeness (QED) is 0.682. The fourth-order valence-corrected chi connectivity index (χ4v) is 4.67. The molecule has 1 aliphatic rings. The molecule has 1 aromatic heterocycles. The molecule has 0 bridgehead atoms. The van der Waals surface area contributed by atoms with Crippen LogP contribution in [0.1, 0.15) is 0 Å². The van der Waals surface area contributed by atoms with E-state index < -0.39 is 16.1 Å². The first-order valence-corrected chi connectivity index (χ1v) is 10.9. The van der Waals surface area contributed by atoms with Gasteiger partial charge in [-0.15, -0.1) is 0 Å². The van der Waals surface area contributed by atoms with E-state index in [1.807, 2.05) is 29.2 Å². The topological polar surface area (TPSA) is 83.0 Å². The summed E-state index contributed by atoms with van der Waals surface area (Å²) in [5.41, 5.74) is 0. The summed E-state index contributed by atoms with van der Waals surface area (Å²) in [6.07, 6.45) is 2.27. The van der Waals surface area contributed by atoms with Gasteiger partial charge in [-0.05, 0) is 30.3 Å². The number of β-amino-alcohol motifs (C(OH)–C–C–N with tert-alkyl or cyclic N) is 1. The molecule has 1 aliphatic heterocycles. The second kappa shape index (κ2) is 9.11. The zero-order valence-corrected chi connectivity index (χ0v) is 17.1. The van der Waals surface area contributed by atoms with E-state index in [1.165, 1.54) is 10.5 Å². The monoisotopic (exact) mass is 455 g/mol. The molecule has 9 heteroatoms. The van der Waals surface area contributed by atoms with Crippen molar-refractivity contribution in [3.63, 3.8) is 0 Å². The number of sulfonamides is 1. The van der Waals surface area contributed by atoms with Crippen molar-refractivity contribution >= 4 is 26.0 Å². The third kappa shape index (κ3) is 5.49. The molecular weight excluding hydrogens is 434 g/mol. The molecule has 1 fully saturated rings. The van der Waals surface area contributed by atoms with Crippen LogP contribution in [0, 0.1) is 0 Å². The Kier molecular flexibility index (Phi) is 6.83. The maximum atomic E-state index is 12.6. The van der Waals surface area contributed by atoms with Gasteiger partial charge in [-0.3, -0.25) is 9.88 Å². The van der Waals surface area contributed by atoms with Crippen LogP contribution < -0.4 is 4.74 Å². The van der Waals surface area contributed by atoms with E-state index >= 15 is 0 Å². The summed E-state index contributed by atoms with van der Waals surface area (Å²) in [6, 6.07) is 10.6. The lowest BCUT2D eigenvalue weighted by Crippen LogP contribution is -2.50. The van der Waals surface area contributed by atoms with Gasteiger partial charge in [0.1, 0.15) is 23.4 Å². The standard InChI is InChI=1S/C18H22BrN3O4S/c19-15-3-1-4-17(11-15)26-14-16(23)13-21-7-9-22(10-8-21)27(24,25)18-5-2-6-20-12-18/h1-6,11-12,16,23H,7-10,13-14H2. The summed E-state index contributed by atoms with van der Waals surface area (Å²) in [7, 11) is -3.51. The van der Waals surface area contributed by atoms with Crippen molar-refractivity contribution in [2.45, 2.75) is 11.0 Å². The van der Waals surface area contributed by atoms with Crippen LogP contribution in [0.25, 0.3) is 0 Å². The third-order valence-corrected chi connectivity index (χ3v) is 6.69. The highest BCUT2D eigenvalue weighted by Crippen LogP contribution is 2.19. The predicted octanol–water partition coefficient (Wildman–Crippen LogP) is 1.59. The molecular formula is C18H22BrN3O4S. The van der Waals surface area contributed by atoms with Crippen molar-refractivity contribution in [2.75, 3.05) is 39.3 Å². The lowest BCUT2D eigenvalue weighted by molar-refractivity contribution is 0.0569. The Balaban J connectivity index is 1.46. The highest BCUT2D eigenvalue weighted by atomic mass is 79.9. The van der Waals surface area contributed by atoms with Crippen molar-refractivity contribution < 1.29 is 18.3 Å². The number of halogens is 1. The number of rotatable bonds is 7. The first-order chi connectivity index (χ1) is 12.9. The first kappa shape index (κ1) is 20.2. The Morgan fingerprint density at radius 2 is 1.96 bits per heavy atom. The van der Waals surface area contributed by atoms with Gasteiger partial charge in [0, 0.05) is 49.6 Å². The Morgan fingerprint density at radius 1 is 1.19 bits per heavy atom. The van der Waals surface area contributed by atoms with Crippen molar-refractivity contribution in [3.8, 4) is 5.75 Å². The second-order valence-electron chi connectivity index (χ2n) is 6.32. The number of benzene rings is 1. The van der Waals surface area contributed by atoms with Gasteiger partial charge in [-0.1, -0.05) is 22.0 Å². The van der Waals surface area contributed by atoms with Gasteiger partial charge >= 0.3 is 0 Å². The molecule has 0 saturated carbocycles.